The molecule has 30 heavy (non-hydrogen) atoms. The maximum atomic E-state index is 12.7. The molecule has 3 aromatic rings. The van der Waals surface area contributed by atoms with E-state index in [1.807, 2.05) is 6.07 Å². The van der Waals surface area contributed by atoms with Crippen LogP contribution in [0.1, 0.15) is 15.9 Å². The summed E-state index contributed by atoms with van der Waals surface area (Å²) in [7, 11) is 1.26. The minimum absolute atomic E-state index is 0.0864. The van der Waals surface area contributed by atoms with E-state index in [4.69, 9.17) is 10.5 Å². The lowest BCUT2D eigenvalue weighted by molar-refractivity contribution is -0.384. The van der Waals surface area contributed by atoms with Crippen LogP contribution in [0.15, 0.2) is 64.2 Å². The molecule has 0 atom stereocenters. The molecule has 0 spiro atoms. The van der Waals surface area contributed by atoms with Gasteiger partial charge in [0.05, 0.1) is 11.5 Å². The van der Waals surface area contributed by atoms with Crippen LogP contribution in [0.5, 0.6) is 5.75 Å². The largest absolute Gasteiger partial charge is 0.485 e. The predicted octanol–water partition coefficient (Wildman–Crippen LogP) is 1.35. The summed E-state index contributed by atoms with van der Waals surface area (Å²) in [5.74, 6) is -0.750. The maximum absolute atomic E-state index is 12.7. The monoisotopic (exact) mass is 410 g/mol. The Hall–Kier alpha value is -4.21. The van der Waals surface area contributed by atoms with E-state index >= 15 is 0 Å². The fourth-order valence-electron chi connectivity index (χ4n) is 2.85. The summed E-state index contributed by atoms with van der Waals surface area (Å²) in [5, 5.41) is 10.7. The van der Waals surface area contributed by atoms with Gasteiger partial charge in [0.25, 0.3) is 11.2 Å². The Morgan fingerprint density at radius 3 is 2.33 bits per heavy atom. The van der Waals surface area contributed by atoms with Crippen molar-refractivity contribution in [2.24, 2.45) is 7.05 Å². The van der Waals surface area contributed by atoms with Crippen LogP contribution in [0.4, 0.5) is 11.5 Å². The van der Waals surface area contributed by atoms with Crippen LogP contribution in [0.25, 0.3) is 0 Å². The topological polar surface area (TPSA) is 139 Å². The fourth-order valence-corrected chi connectivity index (χ4v) is 2.85. The summed E-state index contributed by atoms with van der Waals surface area (Å²) in [6, 6.07) is 14.1. The Kier molecular flexibility index (Phi) is 5.77. The Morgan fingerprint density at radius 1 is 1.10 bits per heavy atom. The number of rotatable bonds is 7. The van der Waals surface area contributed by atoms with E-state index in [9.17, 15) is 24.5 Å². The average molecular weight is 410 g/mol. The molecule has 2 N–H and O–H groups in total. The van der Waals surface area contributed by atoms with E-state index in [1.165, 1.54) is 31.3 Å². The van der Waals surface area contributed by atoms with Gasteiger partial charge < -0.3 is 10.5 Å². The summed E-state index contributed by atoms with van der Waals surface area (Å²) in [6.07, 6.45) is 0. The number of hydrogen-bond acceptors (Lipinski definition) is 7. The van der Waals surface area contributed by atoms with Crippen LogP contribution in [-0.4, -0.2) is 26.4 Å². The molecule has 0 aliphatic rings. The number of nitro benzene ring substituents is 1. The second-order valence-corrected chi connectivity index (χ2v) is 6.44. The van der Waals surface area contributed by atoms with E-state index in [-0.39, 0.29) is 29.4 Å². The molecule has 10 heteroatoms. The van der Waals surface area contributed by atoms with Crippen LogP contribution in [0, 0.1) is 10.1 Å². The zero-order chi connectivity index (χ0) is 21.8. The summed E-state index contributed by atoms with van der Waals surface area (Å²) in [6.45, 7) is -0.441. The molecule has 0 saturated heterocycles. The number of hydrogen-bond donors (Lipinski definition) is 1. The van der Waals surface area contributed by atoms with Crippen LogP contribution in [-0.2, 0) is 13.6 Å². The van der Waals surface area contributed by atoms with Gasteiger partial charge in [-0.25, -0.2) is 4.79 Å². The van der Waals surface area contributed by atoms with E-state index in [0.717, 1.165) is 14.7 Å². The van der Waals surface area contributed by atoms with E-state index < -0.39 is 28.6 Å². The number of ketones is 1. The number of nitrogens with zero attached hydrogens (tertiary/aromatic N) is 3. The average Bonchev–Trinajstić information content (AvgIpc) is 2.75. The maximum Gasteiger partial charge on any atom is 0.332 e. The molecule has 0 aliphatic carbocycles. The number of non-ortho nitro benzene ring substituents is 1. The van der Waals surface area contributed by atoms with Gasteiger partial charge in [-0.3, -0.25) is 28.8 Å². The second kappa shape index (κ2) is 8.43. The first kappa shape index (κ1) is 20.5. The quantitative estimate of drug-likeness (QED) is 0.352. The molecular weight excluding hydrogens is 392 g/mol. The highest BCUT2D eigenvalue weighted by Gasteiger charge is 2.22. The molecule has 0 fully saturated rings. The number of nitrogens with two attached hydrogens (primary N) is 1. The number of carbonyl (C=O) groups excluding carboxylic acids is 1. The van der Waals surface area contributed by atoms with Crippen molar-refractivity contribution in [2.75, 3.05) is 12.3 Å². The number of Topliss-reactive ketones (excluding diaryl/α,β-unsaturated/α-hetero) is 1. The zero-order valence-electron chi connectivity index (χ0n) is 16.0. The molecule has 154 valence electrons. The molecule has 0 amide bonds. The van der Waals surface area contributed by atoms with E-state index in [1.54, 1.807) is 24.3 Å². The lowest BCUT2D eigenvalue weighted by atomic mass is 10.2. The van der Waals surface area contributed by atoms with Gasteiger partial charge in [0.1, 0.15) is 17.1 Å². The van der Waals surface area contributed by atoms with Gasteiger partial charge in [-0.05, 0) is 17.7 Å². The third-order valence-corrected chi connectivity index (χ3v) is 4.46. The third-order valence-electron chi connectivity index (χ3n) is 4.46. The standard InChI is InChI=1S/C20H18N4O6/c1-22-19(26)17(16(25)12-30-15-9-7-14(8-10-15)24(28)29)18(21)23(20(22)27)11-13-5-3-2-4-6-13/h2-10H,11-12,21H2,1H3. The van der Waals surface area contributed by atoms with Crippen LogP contribution < -0.4 is 21.7 Å². The molecule has 0 aliphatic heterocycles. The van der Waals surface area contributed by atoms with Crippen molar-refractivity contribution in [3.8, 4) is 5.75 Å². The number of benzene rings is 2. The van der Waals surface area contributed by atoms with Crippen molar-refractivity contribution in [1.29, 1.82) is 0 Å². The van der Waals surface area contributed by atoms with E-state index in [2.05, 4.69) is 0 Å². The first-order valence-electron chi connectivity index (χ1n) is 8.83. The minimum Gasteiger partial charge on any atom is -0.485 e. The molecule has 1 heterocycles. The van der Waals surface area contributed by atoms with Crippen LogP contribution >= 0.6 is 0 Å². The first-order chi connectivity index (χ1) is 14.3. The zero-order valence-corrected chi connectivity index (χ0v) is 16.0. The van der Waals surface area contributed by atoms with Crippen molar-refractivity contribution in [1.82, 2.24) is 9.13 Å². The van der Waals surface area contributed by atoms with Crippen molar-refractivity contribution in [3.63, 3.8) is 0 Å². The normalized spacial score (nSPS) is 10.6. The molecule has 2 aromatic carbocycles. The van der Waals surface area contributed by atoms with Gasteiger partial charge in [-0.15, -0.1) is 0 Å². The van der Waals surface area contributed by atoms with E-state index in [0.29, 0.717) is 0 Å². The number of nitrogen functional groups attached to an aromatic ring is 1. The third kappa shape index (κ3) is 4.12. The molecule has 0 saturated carbocycles. The smallest absolute Gasteiger partial charge is 0.332 e. The highest BCUT2D eigenvalue weighted by molar-refractivity contribution is 6.00. The number of carbonyl (C=O) groups is 1. The minimum atomic E-state index is -0.820. The summed E-state index contributed by atoms with van der Waals surface area (Å²) >= 11 is 0. The summed E-state index contributed by atoms with van der Waals surface area (Å²) in [5.41, 5.74) is 4.85. The van der Waals surface area contributed by atoms with Crippen molar-refractivity contribution < 1.29 is 14.5 Å². The SMILES string of the molecule is Cn1c(=O)c(C(=O)COc2ccc([N+](=O)[O-])cc2)c(N)n(Cc2ccccc2)c1=O. The van der Waals surface area contributed by atoms with Gasteiger partial charge >= 0.3 is 5.69 Å². The first-order valence-corrected chi connectivity index (χ1v) is 8.83. The molecule has 10 nitrogen and oxygen atoms in total. The van der Waals surface area contributed by atoms with Crippen LogP contribution in [0.2, 0.25) is 0 Å². The fraction of sp³-hybridized carbons (Fsp3) is 0.150. The molecule has 0 unspecified atom stereocenters. The predicted molar refractivity (Wildman–Crippen MR) is 109 cm³/mol. The van der Waals surface area contributed by atoms with Gasteiger partial charge in [0.2, 0.25) is 5.78 Å². The van der Waals surface area contributed by atoms with Crippen molar-refractivity contribution in [2.45, 2.75) is 6.54 Å². The van der Waals surface area contributed by atoms with Gasteiger partial charge in [0, 0.05) is 19.2 Å². The number of nitro groups is 1. The highest BCUT2D eigenvalue weighted by atomic mass is 16.6. The lowest BCUT2D eigenvalue weighted by Crippen LogP contribution is -2.43. The van der Waals surface area contributed by atoms with Gasteiger partial charge in [-0.2, -0.15) is 0 Å². The highest BCUT2D eigenvalue weighted by Crippen LogP contribution is 2.18. The van der Waals surface area contributed by atoms with Gasteiger partial charge in [-0.1, -0.05) is 30.3 Å². The molecule has 1 aromatic heterocycles. The second-order valence-electron chi connectivity index (χ2n) is 6.44. The van der Waals surface area contributed by atoms with Crippen molar-refractivity contribution in [3.05, 3.63) is 96.7 Å². The number of anilines is 1. The lowest BCUT2D eigenvalue weighted by Gasteiger charge is -2.15. The van der Waals surface area contributed by atoms with Crippen LogP contribution in [0.3, 0.4) is 0 Å². The molecule has 0 bridgehead atoms. The Morgan fingerprint density at radius 2 is 1.73 bits per heavy atom. The Labute approximate surface area is 169 Å². The Bertz CT molecular complexity index is 1210. The molecule has 3 rings (SSSR count). The number of ether oxygens (including phenoxy) is 1. The summed E-state index contributed by atoms with van der Waals surface area (Å²) in [4.78, 5) is 47.8. The summed E-state index contributed by atoms with van der Waals surface area (Å²) < 4.78 is 7.30. The molecular formula is C20H18N4O6. The van der Waals surface area contributed by atoms with Crippen molar-refractivity contribution >= 4 is 17.3 Å². The Balaban J connectivity index is 1.89. The molecule has 0 radical (unpaired) electrons. The number of aromatic nitrogens is 2. The van der Waals surface area contributed by atoms with Gasteiger partial charge in [0.15, 0.2) is 6.61 Å².